The molecule has 0 bridgehead atoms. The van der Waals surface area contributed by atoms with Gasteiger partial charge in [0.05, 0.1) is 15.7 Å². The molecule has 3 rings (SSSR count). The van der Waals surface area contributed by atoms with Gasteiger partial charge in [0.2, 0.25) is 0 Å². The molecular formula is C15H11N3O3S. The third-order valence-corrected chi connectivity index (χ3v) is 3.78. The zero-order valence-corrected chi connectivity index (χ0v) is 12.1. The van der Waals surface area contributed by atoms with Crippen molar-refractivity contribution in [2.45, 2.75) is 0 Å². The number of hydrazine groups is 1. The number of rotatable bonds is 2. The Morgan fingerprint density at radius 3 is 2.45 bits per heavy atom. The topological polar surface area (TPSA) is 91.3 Å². The zero-order valence-electron chi connectivity index (χ0n) is 11.2. The Labute approximate surface area is 129 Å². The number of nitrogens with zero attached hydrogens (tertiary/aromatic N) is 1. The van der Waals surface area contributed by atoms with Crippen molar-refractivity contribution in [3.05, 3.63) is 59.1 Å². The van der Waals surface area contributed by atoms with Gasteiger partial charge in [-0.05, 0) is 36.4 Å². The summed E-state index contributed by atoms with van der Waals surface area (Å²) in [6, 6.07) is 10.9. The van der Waals surface area contributed by atoms with Crippen LogP contribution in [0.5, 0.6) is 5.75 Å². The normalized spacial score (nSPS) is 10.4. The van der Waals surface area contributed by atoms with E-state index in [4.69, 9.17) is 0 Å². The fourth-order valence-corrected chi connectivity index (χ4v) is 2.62. The lowest BCUT2D eigenvalue weighted by molar-refractivity contribution is 0.0846. The van der Waals surface area contributed by atoms with Crippen LogP contribution in [0.15, 0.2) is 48.0 Å². The fraction of sp³-hybridized carbons (Fsp3) is 0. The first-order valence-electron chi connectivity index (χ1n) is 6.36. The number of phenolic OH excluding ortho intramolecular Hbond substituents is 1. The van der Waals surface area contributed by atoms with Crippen molar-refractivity contribution in [2.24, 2.45) is 0 Å². The first-order chi connectivity index (χ1) is 10.6. The molecule has 0 atom stereocenters. The second kappa shape index (κ2) is 5.82. The SMILES string of the molecule is O=C(NNC(=O)c1ccc2ncsc2c1)c1cccc(O)c1. The van der Waals surface area contributed by atoms with E-state index in [1.165, 1.54) is 29.5 Å². The van der Waals surface area contributed by atoms with Crippen LogP contribution in [0.25, 0.3) is 10.2 Å². The highest BCUT2D eigenvalue weighted by Gasteiger charge is 2.10. The minimum absolute atomic E-state index is 0.0189. The Morgan fingerprint density at radius 2 is 1.73 bits per heavy atom. The summed E-state index contributed by atoms with van der Waals surface area (Å²) in [6.07, 6.45) is 0. The van der Waals surface area contributed by atoms with Crippen molar-refractivity contribution in [2.75, 3.05) is 0 Å². The highest BCUT2D eigenvalue weighted by atomic mass is 32.1. The third kappa shape index (κ3) is 2.89. The monoisotopic (exact) mass is 313 g/mol. The van der Waals surface area contributed by atoms with Crippen molar-refractivity contribution >= 4 is 33.4 Å². The van der Waals surface area contributed by atoms with E-state index in [0.717, 1.165) is 10.2 Å². The predicted octanol–water partition coefficient (Wildman–Crippen LogP) is 2.08. The second-order valence-electron chi connectivity index (χ2n) is 4.49. The Morgan fingerprint density at radius 1 is 1.00 bits per heavy atom. The summed E-state index contributed by atoms with van der Waals surface area (Å²) in [7, 11) is 0. The molecule has 0 fully saturated rings. The van der Waals surface area contributed by atoms with Crippen LogP contribution in [-0.2, 0) is 0 Å². The van der Waals surface area contributed by atoms with E-state index < -0.39 is 11.8 Å². The predicted molar refractivity (Wildman–Crippen MR) is 82.7 cm³/mol. The molecule has 6 nitrogen and oxygen atoms in total. The number of nitrogens with one attached hydrogen (secondary N) is 2. The van der Waals surface area contributed by atoms with E-state index in [2.05, 4.69) is 15.8 Å². The molecule has 3 N–H and O–H groups in total. The number of aromatic nitrogens is 1. The van der Waals surface area contributed by atoms with Crippen LogP contribution in [0, 0.1) is 0 Å². The minimum Gasteiger partial charge on any atom is -0.508 e. The molecule has 0 aliphatic heterocycles. The van der Waals surface area contributed by atoms with E-state index in [1.807, 2.05) is 0 Å². The van der Waals surface area contributed by atoms with Crippen LogP contribution < -0.4 is 10.9 Å². The summed E-state index contributed by atoms with van der Waals surface area (Å²) in [6.45, 7) is 0. The summed E-state index contributed by atoms with van der Waals surface area (Å²) in [5.41, 5.74) is 7.84. The maximum absolute atomic E-state index is 12.0. The quantitative estimate of drug-likeness (QED) is 0.632. The Hall–Kier alpha value is -2.93. The highest BCUT2D eigenvalue weighted by molar-refractivity contribution is 7.16. The van der Waals surface area contributed by atoms with Gasteiger partial charge >= 0.3 is 0 Å². The number of hydrogen-bond donors (Lipinski definition) is 3. The standard InChI is InChI=1S/C15H11N3O3S/c19-11-3-1-2-9(6-11)14(20)17-18-15(21)10-4-5-12-13(7-10)22-8-16-12/h1-8,19H,(H,17,20)(H,18,21). The third-order valence-electron chi connectivity index (χ3n) is 2.99. The maximum Gasteiger partial charge on any atom is 0.269 e. The number of fused-ring (bicyclic) bond motifs is 1. The second-order valence-corrected chi connectivity index (χ2v) is 5.38. The Balaban J connectivity index is 1.67. The van der Waals surface area contributed by atoms with Gasteiger partial charge in [0.1, 0.15) is 5.75 Å². The van der Waals surface area contributed by atoms with Gasteiger partial charge in [-0.15, -0.1) is 11.3 Å². The van der Waals surface area contributed by atoms with Crippen LogP contribution in [0.3, 0.4) is 0 Å². The molecule has 0 unspecified atom stereocenters. The number of thiazole rings is 1. The average molecular weight is 313 g/mol. The van der Waals surface area contributed by atoms with Crippen LogP contribution in [0.1, 0.15) is 20.7 Å². The van der Waals surface area contributed by atoms with E-state index in [9.17, 15) is 14.7 Å². The van der Waals surface area contributed by atoms with Gasteiger partial charge in [0, 0.05) is 11.1 Å². The summed E-state index contributed by atoms with van der Waals surface area (Å²) in [5.74, 6) is -0.957. The highest BCUT2D eigenvalue weighted by Crippen LogP contribution is 2.18. The summed E-state index contributed by atoms with van der Waals surface area (Å²) < 4.78 is 0.895. The van der Waals surface area contributed by atoms with Crippen molar-refractivity contribution in [1.29, 1.82) is 0 Å². The van der Waals surface area contributed by atoms with Crippen LogP contribution >= 0.6 is 11.3 Å². The van der Waals surface area contributed by atoms with E-state index >= 15 is 0 Å². The molecule has 0 saturated carbocycles. The van der Waals surface area contributed by atoms with Gasteiger partial charge in [-0.2, -0.15) is 0 Å². The molecule has 0 aliphatic carbocycles. The number of amides is 2. The lowest BCUT2D eigenvalue weighted by Gasteiger charge is -2.07. The molecule has 22 heavy (non-hydrogen) atoms. The minimum atomic E-state index is -0.511. The largest absolute Gasteiger partial charge is 0.508 e. The average Bonchev–Trinajstić information content (AvgIpc) is 2.99. The molecule has 2 aromatic carbocycles. The molecule has 3 aromatic rings. The lowest BCUT2D eigenvalue weighted by atomic mass is 10.2. The van der Waals surface area contributed by atoms with Gasteiger partial charge in [0.25, 0.3) is 11.8 Å². The van der Waals surface area contributed by atoms with Gasteiger partial charge in [-0.25, -0.2) is 4.98 Å². The van der Waals surface area contributed by atoms with Crippen LogP contribution in [0.4, 0.5) is 0 Å². The van der Waals surface area contributed by atoms with Crippen molar-refractivity contribution < 1.29 is 14.7 Å². The molecule has 0 aliphatic rings. The van der Waals surface area contributed by atoms with Gasteiger partial charge in [-0.1, -0.05) is 6.07 Å². The lowest BCUT2D eigenvalue weighted by Crippen LogP contribution is -2.41. The fourth-order valence-electron chi connectivity index (χ4n) is 1.90. The van der Waals surface area contributed by atoms with Crippen LogP contribution in [0.2, 0.25) is 0 Å². The first kappa shape index (κ1) is 14.0. The number of aromatic hydroxyl groups is 1. The van der Waals surface area contributed by atoms with Crippen LogP contribution in [-0.4, -0.2) is 21.9 Å². The summed E-state index contributed by atoms with van der Waals surface area (Å²) in [4.78, 5) is 28.0. The smallest absolute Gasteiger partial charge is 0.269 e. The first-order valence-corrected chi connectivity index (χ1v) is 7.24. The van der Waals surface area contributed by atoms with E-state index in [-0.39, 0.29) is 11.3 Å². The molecule has 1 heterocycles. The Bertz CT molecular complexity index is 860. The summed E-state index contributed by atoms with van der Waals surface area (Å²) >= 11 is 1.44. The molecule has 0 radical (unpaired) electrons. The number of carbonyl (C=O) groups excluding carboxylic acids is 2. The zero-order chi connectivity index (χ0) is 15.5. The number of carbonyl (C=O) groups is 2. The molecule has 7 heteroatoms. The van der Waals surface area contributed by atoms with Crippen molar-refractivity contribution in [3.8, 4) is 5.75 Å². The van der Waals surface area contributed by atoms with Gasteiger partial charge in [-0.3, -0.25) is 20.4 Å². The van der Waals surface area contributed by atoms with Crippen molar-refractivity contribution in [1.82, 2.24) is 15.8 Å². The summed E-state index contributed by atoms with van der Waals surface area (Å²) in [5, 5.41) is 9.33. The Kier molecular flexibility index (Phi) is 3.71. The maximum atomic E-state index is 12.0. The number of hydrogen-bond acceptors (Lipinski definition) is 5. The molecule has 110 valence electrons. The molecule has 1 aromatic heterocycles. The molecule has 2 amide bonds. The van der Waals surface area contributed by atoms with Gasteiger partial charge in [0.15, 0.2) is 0 Å². The van der Waals surface area contributed by atoms with Gasteiger partial charge < -0.3 is 5.11 Å². The van der Waals surface area contributed by atoms with Crippen molar-refractivity contribution in [3.63, 3.8) is 0 Å². The van der Waals surface area contributed by atoms with E-state index in [1.54, 1.807) is 29.8 Å². The molecule has 0 saturated heterocycles. The number of benzene rings is 2. The molecule has 0 spiro atoms. The number of phenols is 1. The molecular weight excluding hydrogens is 302 g/mol. The van der Waals surface area contributed by atoms with E-state index in [0.29, 0.717) is 5.56 Å².